The van der Waals surface area contributed by atoms with Crippen LogP contribution < -0.4 is 14.8 Å². The first-order valence-corrected chi connectivity index (χ1v) is 7.38. The van der Waals surface area contributed by atoms with Gasteiger partial charge in [0.1, 0.15) is 11.4 Å². The largest absolute Gasteiger partial charge is 0.496 e. The van der Waals surface area contributed by atoms with E-state index in [4.69, 9.17) is 21.1 Å². The highest BCUT2D eigenvalue weighted by atomic mass is 35.5. The van der Waals surface area contributed by atoms with Crippen LogP contribution in [0, 0.1) is 20.2 Å². The van der Waals surface area contributed by atoms with Gasteiger partial charge in [-0.3, -0.25) is 25.0 Å². The van der Waals surface area contributed by atoms with Crippen molar-refractivity contribution in [3.63, 3.8) is 0 Å². The van der Waals surface area contributed by atoms with Gasteiger partial charge in [-0.2, -0.15) is 0 Å². The Labute approximate surface area is 151 Å². The fourth-order valence-corrected chi connectivity index (χ4v) is 2.15. The van der Waals surface area contributed by atoms with Gasteiger partial charge >= 0.3 is 5.69 Å². The quantitative estimate of drug-likeness (QED) is 0.574. The maximum absolute atomic E-state index is 12.0. The van der Waals surface area contributed by atoms with Crippen molar-refractivity contribution in [1.82, 2.24) is 0 Å². The van der Waals surface area contributed by atoms with Crippen molar-refractivity contribution in [3.8, 4) is 11.5 Å². The van der Waals surface area contributed by atoms with E-state index in [2.05, 4.69) is 5.32 Å². The number of methoxy groups -OCH3 is 1. The van der Waals surface area contributed by atoms with E-state index in [9.17, 15) is 25.0 Å². The Balaban J connectivity index is 2.11. The second-order valence-corrected chi connectivity index (χ2v) is 5.28. The molecule has 0 aliphatic carbocycles. The number of halogens is 1. The molecule has 0 fully saturated rings. The molecule has 11 heteroatoms. The van der Waals surface area contributed by atoms with Crippen molar-refractivity contribution in [2.45, 2.75) is 0 Å². The van der Waals surface area contributed by atoms with E-state index >= 15 is 0 Å². The summed E-state index contributed by atoms with van der Waals surface area (Å²) in [6, 6.07) is 7.61. The first kappa shape index (κ1) is 18.9. The number of nitrogens with zero attached hydrogens (tertiary/aromatic N) is 2. The van der Waals surface area contributed by atoms with Gasteiger partial charge in [-0.25, -0.2) is 0 Å². The maximum atomic E-state index is 12.0. The molecule has 0 aromatic heterocycles. The molecule has 2 aromatic rings. The van der Waals surface area contributed by atoms with Crippen LogP contribution in [0.15, 0.2) is 36.4 Å². The first-order chi connectivity index (χ1) is 12.3. The third-order valence-electron chi connectivity index (χ3n) is 3.15. The summed E-state index contributed by atoms with van der Waals surface area (Å²) in [5.41, 5.74) is -0.840. The molecule has 0 aliphatic rings. The predicted octanol–water partition coefficient (Wildman–Crippen LogP) is 3.18. The van der Waals surface area contributed by atoms with E-state index < -0.39 is 22.4 Å². The summed E-state index contributed by atoms with van der Waals surface area (Å²) in [5, 5.41) is 24.5. The number of benzene rings is 2. The summed E-state index contributed by atoms with van der Waals surface area (Å²) >= 11 is 5.69. The van der Waals surface area contributed by atoms with Crippen LogP contribution in [0.2, 0.25) is 5.02 Å². The zero-order valence-corrected chi connectivity index (χ0v) is 14.1. The fraction of sp³-hybridized carbons (Fsp3) is 0.133. The number of hydrogen-bond donors (Lipinski definition) is 1. The molecule has 1 amide bonds. The Kier molecular flexibility index (Phi) is 5.91. The van der Waals surface area contributed by atoms with E-state index in [-0.39, 0.29) is 33.6 Å². The first-order valence-electron chi connectivity index (χ1n) is 7.01. The average molecular weight is 382 g/mol. The van der Waals surface area contributed by atoms with Gasteiger partial charge in [-0.05, 0) is 24.3 Å². The highest BCUT2D eigenvalue weighted by Crippen LogP contribution is 2.31. The molecule has 0 heterocycles. The number of anilines is 1. The van der Waals surface area contributed by atoms with Crippen LogP contribution in [-0.4, -0.2) is 29.5 Å². The molecule has 0 unspecified atom stereocenters. The van der Waals surface area contributed by atoms with E-state index in [1.165, 1.54) is 31.4 Å². The lowest BCUT2D eigenvalue weighted by Gasteiger charge is -2.09. The van der Waals surface area contributed by atoms with Crippen molar-refractivity contribution in [3.05, 3.63) is 61.6 Å². The number of nitrogens with one attached hydrogen (secondary N) is 1. The molecule has 0 aliphatic heterocycles. The molecule has 136 valence electrons. The third kappa shape index (κ3) is 4.57. The van der Waals surface area contributed by atoms with Crippen molar-refractivity contribution in [2.24, 2.45) is 0 Å². The van der Waals surface area contributed by atoms with Crippen molar-refractivity contribution < 1.29 is 24.1 Å². The number of ether oxygens (including phenoxy) is 2. The highest BCUT2D eigenvalue weighted by molar-refractivity contribution is 6.31. The second kappa shape index (κ2) is 8.12. The van der Waals surface area contributed by atoms with Crippen LogP contribution in [-0.2, 0) is 4.79 Å². The Bertz CT molecular complexity index is 872. The predicted molar refractivity (Wildman–Crippen MR) is 91.9 cm³/mol. The molecule has 26 heavy (non-hydrogen) atoms. The number of hydrogen-bond acceptors (Lipinski definition) is 7. The van der Waals surface area contributed by atoms with Crippen LogP contribution in [0.5, 0.6) is 11.5 Å². The number of amides is 1. The van der Waals surface area contributed by atoms with E-state index in [1.807, 2.05) is 0 Å². The summed E-state index contributed by atoms with van der Waals surface area (Å²) in [4.78, 5) is 32.6. The average Bonchev–Trinajstić information content (AvgIpc) is 2.61. The molecule has 0 bridgehead atoms. The van der Waals surface area contributed by atoms with E-state index in [0.29, 0.717) is 0 Å². The van der Waals surface area contributed by atoms with Gasteiger partial charge in [0.15, 0.2) is 12.4 Å². The van der Waals surface area contributed by atoms with Gasteiger partial charge < -0.3 is 14.8 Å². The van der Waals surface area contributed by atoms with Crippen LogP contribution >= 0.6 is 11.6 Å². The summed E-state index contributed by atoms with van der Waals surface area (Å²) in [7, 11) is 1.35. The van der Waals surface area contributed by atoms with Crippen LogP contribution in [0.3, 0.4) is 0 Å². The smallest absolute Gasteiger partial charge is 0.314 e. The fourth-order valence-electron chi connectivity index (χ4n) is 1.98. The van der Waals surface area contributed by atoms with Crippen molar-refractivity contribution in [1.29, 1.82) is 0 Å². The Morgan fingerprint density at radius 2 is 1.81 bits per heavy atom. The zero-order chi connectivity index (χ0) is 19.3. The zero-order valence-electron chi connectivity index (χ0n) is 13.3. The summed E-state index contributed by atoms with van der Waals surface area (Å²) in [6.07, 6.45) is 0. The lowest BCUT2D eigenvalue weighted by atomic mass is 10.2. The molecule has 2 rings (SSSR count). The molecule has 0 saturated heterocycles. The van der Waals surface area contributed by atoms with E-state index in [1.54, 1.807) is 0 Å². The van der Waals surface area contributed by atoms with E-state index in [0.717, 1.165) is 12.1 Å². The summed E-state index contributed by atoms with van der Waals surface area (Å²) in [5.74, 6) is -0.623. The number of nitro groups is 2. The minimum atomic E-state index is -0.736. The van der Waals surface area contributed by atoms with Crippen LogP contribution in [0.4, 0.5) is 17.1 Å². The highest BCUT2D eigenvalue weighted by Gasteiger charge is 2.19. The molecule has 2 aromatic carbocycles. The van der Waals surface area contributed by atoms with Gasteiger partial charge in [0.05, 0.1) is 23.0 Å². The SMILES string of the molecule is COc1ccc(OCC(=O)Nc2ccc(Cl)cc2[N+](=O)[O-])c([N+](=O)[O-])c1. The monoisotopic (exact) mass is 381 g/mol. The van der Waals surface area contributed by atoms with Gasteiger partial charge in [0.25, 0.3) is 11.6 Å². The Morgan fingerprint density at radius 1 is 1.12 bits per heavy atom. The van der Waals surface area contributed by atoms with Crippen LogP contribution in [0.1, 0.15) is 0 Å². The van der Waals surface area contributed by atoms with Gasteiger partial charge in [-0.1, -0.05) is 11.6 Å². The Morgan fingerprint density at radius 3 is 2.42 bits per heavy atom. The second-order valence-electron chi connectivity index (χ2n) is 4.85. The number of nitro benzene ring substituents is 2. The van der Waals surface area contributed by atoms with Gasteiger partial charge in [0.2, 0.25) is 0 Å². The van der Waals surface area contributed by atoms with Gasteiger partial charge in [0, 0.05) is 11.1 Å². The Hall–Kier alpha value is -3.40. The molecule has 0 radical (unpaired) electrons. The lowest BCUT2D eigenvalue weighted by molar-refractivity contribution is -0.385. The topological polar surface area (TPSA) is 134 Å². The van der Waals surface area contributed by atoms with Crippen molar-refractivity contribution >= 4 is 34.6 Å². The summed E-state index contributed by atoms with van der Waals surface area (Å²) < 4.78 is 10.0. The molecule has 0 saturated carbocycles. The number of carbonyl (C=O) groups is 1. The molecular weight excluding hydrogens is 370 g/mol. The summed E-state index contributed by atoms with van der Waals surface area (Å²) in [6.45, 7) is -0.590. The minimum Gasteiger partial charge on any atom is -0.496 e. The minimum absolute atomic E-state index is 0.0720. The number of rotatable bonds is 7. The van der Waals surface area contributed by atoms with Crippen LogP contribution in [0.25, 0.3) is 0 Å². The standard InChI is InChI=1S/C15H12ClN3O7/c1-25-10-3-5-14(13(7-10)19(23)24)26-8-15(20)17-11-4-2-9(16)6-12(11)18(21)22/h2-7H,8H2,1H3,(H,17,20). The van der Waals surface area contributed by atoms with Crippen molar-refractivity contribution in [2.75, 3.05) is 19.0 Å². The normalized spacial score (nSPS) is 10.1. The molecule has 10 nitrogen and oxygen atoms in total. The lowest BCUT2D eigenvalue weighted by Crippen LogP contribution is -2.21. The number of carbonyl (C=O) groups excluding carboxylic acids is 1. The third-order valence-corrected chi connectivity index (χ3v) is 3.39. The molecule has 0 spiro atoms. The molecular formula is C15H12ClN3O7. The molecule has 0 atom stereocenters. The van der Waals surface area contributed by atoms with Gasteiger partial charge in [-0.15, -0.1) is 0 Å². The maximum Gasteiger partial charge on any atom is 0.314 e. The molecule has 1 N–H and O–H groups in total.